The topological polar surface area (TPSA) is 65.3 Å². The third-order valence-electron chi connectivity index (χ3n) is 2.52. The zero-order valence-electron chi connectivity index (χ0n) is 10.9. The molecule has 1 aromatic rings. The lowest BCUT2D eigenvalue weighted by Gasteiger charge is -2.16. The minimum atomic E-state index is 0.342. The summed E-state index contributed by atoms with van der Waals surface area (Å²) in [4.78, 5) is 13.6. The van der Waals surface area contributed by atoms with Crippen molar-refractivity contribution >= 4 is 11.9 Å². The van der Waals surface area contributed by atoms with E-state index >= 15 is 0 Å². The first-order chi connectivity index (χ1) is 9.30. The summed E-state index contributed by atoms with van der Waals surface area (Å²) in [5, 5.41) is 4.05. The standard InChI is InChI=1S/C13H15N3O3/c1-4-5-19-16-10-8-14-7-9-6-11(17-2)15-13(18-3)12(9)10/h4,6-7H,1,5,8H2,2-3H3. The maximum Gasteiger partial charge on any atom is 0.226 e. The van der Waals surface area contributed by atoms with Crippen LogP contribution in [0.5, 0.6) is 11.8 Å². The van der Waals surface area contributed by atoms with Crippen LogP contribution in [0.1, 0.15) is 11.1 Å². The van der Waals surface area contributed by atoms with Crippen molar-refractivity contribution in [1.82, 2.24) is 4.98 Å². The quantitative estimate of drug-likeness (QED) is 0.457. The average molecular weight is 261 g/mol. The predicted molar refractivity (Wildman–Crippen MR) is 72.5 cm³/mol. The van der Waals surface area contributed by atoms with Gasteiger partial charge < -0.3 is 14.3 Å². The number of hydrogen-bond donors (Lipinski definition) is 0. The zero-order valence-corrected chi connectivity index (χ0v) is 10.9. The van der Waals surface area contributed by atoms with E-state index in [4.69, 9.17) is 14.3 Å². The molecule has 0 saturated carbocycles. The molecule has 2 rings (SSSR count). The van der Waals surface area contributed by atoms with Gasteiger partial charge in [-0.1, -0.05) is 17.8 Å². The smallest absolute Gasteiger partial charge is 0.226 e. The van der Waals surface area contributed by atoms with Crippen LogP contribution in [0, 0.1) is 0 Å². The fraction of sp³-hybridized carbons (Fsp3) is 0.308. The summed E-state index contributed by atoms with van der Waals surface area (Å²) in [6.45, 7) is 4.33. The van der Waals surface area contributed by atoms with Gasteiger partial charge in [0.15, 0.2) is 0 Å². The molecule has 100 valence electrons. The SMILES string of the molecule is C=CCON=C1CN=Cc2cc(OC)nc(OC)c21. The lowest BCUT2D eigenvalue weighted by atomic mass is 10.0. The van der Waals surface area contributed by atoms with Crippen LogP contribution in [0.15, 0.2) is 28.9 Å². The third kappa shape index (κ3) is 2.73. The maximum atomic E-state index is 5.28. The van der Waals surface area contributed by atoms with Crippen LogP contribution in [-0.4, -0.2) is 44.3 Å². The van der Waals surface area contributed by atoms with E-state index in [1.54, 1.807) is 32.6 Å². The van der Waals surface area contributed by atoms with Crippen molar-refractivity contribution in [3.63, 3.8) is 0 Å². The summed E-state index contributed by atoms with van der Waals surface area (Å²) in [5.74, 6) is 0.914. The van der Waals surface area contributed by atoms with E-state index in [-0.39, 0.29) is 0 Å². The molecule has 0 aliphatic carbocycles. The molecule has 1 aliphatic rings. The van der Waals surface area contributed by atoms with Crippen molar-refractivity contribution < 1.29 is 14.3 Å². The molecule has 0 spiro atoms. The number of rotatable bonds is 5. The molecular weight excluding hydrogens is 246 g/mol. The second-order valence-electron chi connectivity index (χ2n) is 3.73. The lowest BCUT2D eigenvalue weighted by Crippen LogP contribution is -2.17. The fourth-order valence-electron chi connectivity index (χ4n) is 1.71. The average Bonchev–Trinajstić information content (AvgIpc) is 2.46. The van der Waals surface area contributed by atoms with Crippen LogP contribution in [0.3, 0.4) is 0 Å². The van der Waals surface area contributed by atoms with Crippen molar-refractivity contribution in [2.45, 2.75) is 0 Å². The number of aliphatic imine (C=N–C) groups is 1. The summed E-state index contributed by atoms with van der Waals surface area (Å²) in [5.41, 5.74) is 2.30. The molecule has 0 aromatic carbocycles. The van der Waals surface area contributed by atoms with E-state index in [9.17, 15) is 0 Å². The van der Waals surface area contributed by atoms with Gasteiger partial charge in [-0.25, -0.2) is 0 Å². The van der Waals surface area contributed by atoms with Gasteiger partial charge in [0, 0.05) is 17.8 Å². The summed E-state index contributed by atoms with van der Waals surface area (Å²) in [7, 11) is 3.10. The Morgan fingerprint density at radius 1 is 1.42 bits per heavy atom. The molecule has 1 aromatic heterocycles. The lowest BCUT2D eigenvalue weighted by molar-refractivity contribution is 0.174. The molecule has 0 N–H and O–H groups in total. The van der Waals surface area contributed by atoms with Crippen molar-refractivity contribution in [3.8, 4) is 11.8 Å². The normalized spacial score (nSPS) is 14.9. The van der Waals surface area contributed by atoms with Crippen molar-refractivity contribution in [2.24, 2.45) is 10.1 Å². The fourth-order valence-corrected chi connectivity index (χ4v) is 1.71. The van der Waals surface area contributed by atoms with Crippen LogP contribution < -0.4 is 9.47 Å². The molecule has 0 bridgehead atoms. The Morgan fingerprint density at radius 3 is 2.95 bits per heavy atom. The highest BCUT2D eigenvalue weighted by molar-refractivity contribution is 6.12. The molecule has 0 fully saturated rings. The van der Waals surface area contributed by atoms with Gasteiger partial charge in [0.1, 0.15) is 12.3 Å². The van der Waals surface area contributed by atoms with E-state index < -0.39 is 0 Å². The molecule has 0 saturated heterocycles. The van der Waals surface area contributed by atoms with Crippen LogP contribution in [0.2, 0.25) is 0 Å². The number of methoxy groups -OCH3 is 2. The number of nitrogens with zero attached hydrogens (tertiary/aromatic N) is 3. The highest BCUT2D eigenvalue weighted by atomic mass is 16.6. The van der Waals surface area contributed by atoms with Gasteiger partial charge in [-0.3, -0.25) is 4.99 Å². The number of ether oxygens (including phenoxy) is 2. The molecule has 0 atom stereocenters. The van der Waals surface area contributed by atoms with Crippen molar-refractivity contribution in [3.05, 3.63) is 29.8 Å². The van der Waals surface area contributed by atoms with Gasteiger partial charge in [-0.05, 0) is 0 Å². The molecular formula is C13H15N3O3. The van der Waals surface area contributed by atoms with Gasteiger partial charge in [0.25, 0.3) is 0 Å². The molecule has 2 heterocycles. The minimum absolute atomic E-state index is 0.342. The van der Waals surface area contributed by atoms with E-state index in [0.29, 0.717) is 30.6 Å². The van der Waals surface area contributed by atoms with Gasteiger partial charge in [-0.15, -0.1) is 0 Å². The highest BCUT2D eigenvalue weighted by Gasteiger charge is 2.21. The molecule has 0 amide bonds. The molecule has 19 heavy (non-hydrogen) atoms. The van der Waals surface area contributed by atoms with Crippen LogP contribution in [-0.2, 0) is 4.84 Å². The van der Waals surface area contributed by atoms with E-state index in [0.717, 1.165) is 11.1 Å². The Labute approximate surface area is 111 Å². The molecule has 1 aliphatic heterocycles. The summed E-state index contributed by atoms with van der Waals surface area (Å²) in [6.07, 6.45) is 3.37. The number of fused-ring (bicyclic) bond motifs is 1. The van der Waals surface area contributed by atoms with E-state index in [1.807, 2.05) is 0 Å². The van der Waals surface area contributed by atoms with Crippen LogP contribution >= 0.6 is 0 Å². The predicted octanol–water partition coefficient (Wildman–Crippen LogP) is 1.44. The zero-order chi connectivity index (χ0) is 13.7. The highest BCUT2D eigenvalue weighted by Crippen LogP contribution is 2.26. The second-order valence-corrected chi connectivity index (χ2v) is 3.73. The first-order valence-electron chi connectivity index (χ1n) is 5.73. The number of hydrogen-bond acceptors (Lipinski definition) is 6. The first-order valence-corrected chi connectivity index (χ1v) is 5.73. The molecule has 6 heteroatoms. The number of oxime groups is 1. The molecule has 0 radical (unpaired) electrons. The van der Waals surface area contributed by atoms with Crippen LogP contribution in [0.4, 0.5) is 0 Å². The first kappa shape index (κ1) is 13.1. The second kappa shape index (κ2) is 5.99. The van der Waals surface area contributed by atoms with Gasteiger partial charge >= 0.3 is 0 Å². The van der Waals surface area contributed by atoms with Gasteiger partial charge in [0.05, 0.1) is 26.3 Å². The summed E-state index contributed by atoms with van der Waals surface area (Å²) in [6, 6.07) is 1.78. The Kier molecular flexibility index (Phi) is 4.12. The monoisotopic (exact) mass is 261 g/mol. The number of aromatic nitrogens is 1. The van der Waals surface area contributed by atoms with E-state index in [2.05, 4.69) is 21.7 Å². The maximum absolute atomic E-state index is 5.28. The van der Waals surface area contributed by atoms with Gasteiger partial charge in [0.2, 0.25) is 11.8 Å². The minimum Gasteiger partial charge on any atom is -0.481 e. The van der Waals surface area contributed by atoms with Crippen molar-refractivity contribution in [1.29, 1.82) is 0 Å². The van der Waals surface area contributed by atoms with Crippen molar-refractivity contribution in [2.75, 3.05) is 27.4 Å². The molecule has 0 unspecified atom stereocenters. The van der Waals surface area contributed by atoms with E-state index in [1.165, 1.54) is 0 Å². The Bertz CT molecular complexity index is 538. The largest absolute Gasteiger partial charge is 0.481 e. The Balaban J connectivity index is 2.45. The van der Waals surface area contributed by atoms with Crippen LogP contribution in [0.25, 0.3) is 0 Å². The Hall–Kier alpha value is -2.37. The molecule has 6 nitrogen and oxygen atoms in total. The third-order valence-corrected chi connectivity index (χ3v) is 2.52. The summed E-state index contributed by atoms with van der Waals surface area (Å²) >= 11 is 0. The number of pyridine rings is 1. The Morgan fingerprint density at radius 2 is 2.26 bits per heavy atom. The summed E-state index contributed by atoms with van der Waals surface area (Å²) < 4.78 is 10.4. The van der Waals surface area contributed by atoms with Gasteiger partial charge in [-0.2, -0.15) is 4.98 Å².